The average molecular weight is 295 g/mol. The molecule has 0 saturated heterocycles. The maximum absolute atomic E-state index is 12.9. The second-order valence-corrected chi connectivity index (χ2v) is 5.51. The van der Waals surface area contributed by atoms with Crippen molar-refractivity contribution in [2.45, 2.75) is 37.5 Å². The van der Waals surface area contributed by atoms with Crippen molar-refractivity contribution in [3.8, 4) is 5.69 Å². The molecule has 1 aromatic heterocycles. The van der Waals surface area contributed by atoms with Crippen LogP contribution in [0.4, 0.5) is 13.2 Å². The van der Waals surface area contributed by atoms with Crippen molar-refractivity contribution in [2.24, 2.45) is 0 Å². The number of imidazole rings is 1. The number of hydrogen-bond acceptors (Lipinski definition) is 2. The fraction of sp³-hybridized carbons (Fsp3) is 0.400. The monoisotopic (exact) mass is 295 g/mol. The van der Waals surface area contributed by atoms with Crippen molar-refractivity contribution in [3.63, 3.8) is 0 Å². The van der Waals surface area contributed by atoms with Crippen LogP contribution in [0.5, 0.6) is 0 Å². The second-order valence-electron chi connectivity index (χ2n) is 5.51. The summed E-state index contributed by atoms with van der Waals surface area (Å²) in [5.74, 6) is 0. The highest BCUT2D eigenvalue weighted by molar-refractivity contribution is 5.35. The average Bonchev–Trinajstić information content (AvgIpc) is 3.03. The zero-order chi connectivity index (χ0) is 15.1. The Kier molecular flexibility index (Phi) is 3.28. The summed E-state index contributed by atoms with van der Waals surface area (Å²) in [6, 6.07) is 7.11. The summed E-state index contributed by atoms with van der Waals surface area (Å²) in [7, 11) is 0. The highest BCUT2D eigenvalue weighted by atomic mass is 19.4. The van der Waals surface area contributed by atoms with Crippen molar-refractivity contribution in [1.82, 2.24) is 14.9 Å². The lowest BCUT2D eigenvalue weighted by Gasteiger charge is -2.25. The predicted octanol–water partition coefficient (Wildman–Crippen LogP) is 3.62. The summed E-state index contributed by atoms with van der Waals surface area (Å²) in [6.07, 6.45) is 1.32. The van der Waals surface area contributed by atoms with E-state index < -0.39 is 11.7 Å². The van der Waals surface area contributed by atoms with Gasteiger partial charge in [0.2, 0.25) is 0 Å². The highest BCUT2D eigenvalue weighted by Crippen LogP contribution is 2.50. The van der Waals surface area contributed by atoms with Gasteiger partial charge in [-0.15, -0.1) is 0 Å². The fourth-order valence-corrected chi connectivity index (χ4v) is 2.48. The second kappa shape index (κ2) is 4.87. The summed E-state index contributed by atoms with van der Waals surface area (Å²) in [4.78, 5) is 3.97. The van der Waals surface area contributed by atoms with Crippen LogP contribution in [0.1, 0.15) is 31.4 Å². The maximum Gasteiger partial charge on any atom is 0.406 e. The first kappa shape index (κ1) is 14.1. The zero-order valence-corrected chi connectivity index (χ0v) is 11.6. The minimum atomic E-state index is -4.18. The van der Waals surface area contributed by atoms with E-state index >= 15 is 0 Å². The van der Waals surface area contributed by atoms with E-state index in [1.165, 1.54) is 0 Å². The third-order valence-corrected chi connectivity index (χ3v) is 3.98. The smallest absolute Gasteiger partial charge is 0.306 e. The number of benzene rings is 1. The topological polar surface area (TPSA) is 29.9 Å². The van der Waals surface area contributed by atoms with Gasteiger partial charge in [0.1, 0.15) is 5.54 Å². The van der Waals surface area contributed by atoms with Crippen LogP contribution in [0.25, 0.3) is 5.69 Å². The highest BCUT2D eigenvalue weighted by Gasteiger charge is 2.63. The molecule has 0 radical (unpaired) electrons. The molecule has 1 N–H and O–H groups in total. The molecular weight excluding hydrogens is 279 g/mol. The van der Waals surface area contributed by atoms with Gasteiger partial charge in [0.25, 0.3) is 0 Å². The fourth-order valence-electron chi connectivity index (χ4n) is 2.48. The van der Waals surface area contributed by atoms with E-state index in [1.54, 1.807) is 19.4 Å². The van der Waals surface area contributed by atoms with Crippen molar-refractivity contribution >= 4 is 0 Å². The molecule has 3 nitrogen and oxygen atoms in total. The maximum atomic E-state index is 12.9. The van der Waals surface area contributed by atoms with E-state index in [0.717, 1.165) is 11.3 Å². The summed E-state index contributed by atoms with van der Waals surface area (Å²) in [5.41, 5.74) is 0.0879. The number of rotatable bonds is 4. The Hall–Kier alpha value is -1.82. The Balaban J connectivity index is 1.73. The van der Waals surface area contributed by atoms with Crippen molar-refractivity contribution in [2.75, 3.05) is 0 Å². The normalized spacial score (nSPS) is 18.5. The molecule has 1 fully saturated rings. The van der Waals surface area contributed by atoms with Crippen LogP contribution < -0.4 is 5.32 Å². The van der Waals surface area contributed by atoms with Gasteiger partial charge in [0.05, 0.1) is 6.33 Å². The van der Waals surface area contributed by atoms with Gasteiger partial charge in [0, 0.05) is 24.1 Å². The molecule has 3 rings (SSSR count). The van der Waals surface area contributed by atoms with Crippen LogP contribution in [0.15, 0.2) is 43.0 Å². The molecule has 1 saturated carbocycles. The quantitative estimate of drug-likeness (QED) is 0.933. The molecule has 1 aliphatic carbocycles. The molecule has 0 bridgehead atoms. The van der Waals surface area contributed by atoms with Gasteiger partial charge in [-0.25, -0.2) is 4.98 Å². The first-order valence-electron chi connectivity index (χ1n) is 6.84. The first-order valence-corrected chi connectivity index (χ1v) is 6.84. The van der Waals surface area contributed by atoms with Crippen LogP contribution in [0.3, 0.4) is 0 Å². The SMILES string of the molecule is CC(NC1(C(F)(F)F)CC1)c1ccc(-n2ccnc2)cc1. The summed E-state index contributed by atoms with van der Waals surface area (Å²) in [6.45, 7) is 1.76. The van der Waals surface area contributed by atoms with Crippen LogP contribution in [-0.2, 0) is 0 Å². The lowest BCUT2D eigenvalue weighted by Crippen LogP contribution is -2.45. The van der Waals surface area contributed by atoms with Gasteiger partial charge in [-0.1, -0.05) is 12.1 Å². The molecular formula is C15H16F3N3. The number of hydrogen-bond donors (Lipinski definition) is 1. The van der Waals surface area contributed by atoms with Crippen LogP contribution in [-0.4, -0.2) is 21.3 Å². The Morgan fingerprint density at radius 1 is 1.24 bits per heavy atom. The van der Waals surface area contributed by atoms with E-state index in [2.05, 4.69) is 10.3 Å². The largest absolute Gasteiger partial charge is 0.406 e. The number of alkyl halides is 3. The lowest BCUT2D eigenvalue weighted by atomic mass is 10.1. The van der Waals surface area contributed by atoms with E-state index in [4.69, 9.17) is 0 Å². The van der Waals surface area contributed by atoms with Crippen LogP contribution >= 0.6 is 0 Å². The third kappa shape index (κ3) is 2.68. The molecule has 0 spiro atoms. The van der Waals surface area contributed by atoms with Gasteiger partial charge in [0.15, 0.2) is 0 Å². The molecule has 1 aromatic carbocycles. The summed E-state index contributed by atoms with van der Waals surface area (Å²) >= 11 is 0. The molecule has 2 aromatic rings. The zero-order valence-electron chi connectivity index (χ0n) is 11.6. The Morgan fingerprint density at radius 3 is 2.38 bits per heavy atom. The van der Waals surface area contributed by atoms with Gasteiger partial charge >= 0.3 is 6.18 Å². The third-order valence-electron chi connectivity index (χ3n) is 3.98. The summed E-state index contributed by atoms with van der Waals surface area (Å²) < 4.78 is 40.7. The molecule has 21 heavy (non-hydrogen) atoms. The molecule has 1 unspecified atom stereocenters. The van der Waals surface area contributed by atoms with E-state index in [-0.39, 0.29) is 18.9 Å². The predicted molar refractivity (Wildman–Crippen MR) is 73.1 cm³/mol. The number of nitrogens with one attached hydrogen (secondary N) is 1. The number of nitrogens with zero attached hydrogens (tertiary/aromatic N) is 2. The lowest BCUT2D eigenvalue weighted by molar-refractivity contribution is -0.167. The molecule has 6 heteroatoms. The van der Waals surface area contributed by atoms with Crippen LogP contribution in [0.2, 0.25) is 0 Å². The molecule has 1 aliphatic rings. The Morgan fingerprint density at radius 2 is 1.90 bits per heavy atom. The van der Waals surface area contributed by atoms with Gasteiger partial charge in [-0.2, -0.15) is 13.2 Å². The molecule has 1 atom stereocenters. The van der Waals surface area contributed by atoms with Crippen molar-refractivity contribution < 1.29 is 13.2 Å². The van der Waals surface area contributed by atoms with E-state index in [1.807, 2.05) is 35.0 Å². The van der Waals surface area contributed by atoms with Gasteiger partial charge < -0.3 is 4.57 Å². The van der Waals surface area contributed by atoms with Crippen LogP contribution in [0, 0.1) is 0 Å². The minimum absolute atomic E-state index is 0.161. The minimum Gasteiger partial charge on any atom is -0.306 e. The first-order chi connectivity index (χ1) is 9.91. The molecule has 112 valence electrons. The number of aromatic nitrogens is 2. The van der Waals surface area contributed by atoms with Crippen molar-refractivity contribution in [3.05, 3.63) is 48.5 Å². The Bertz CT molecular complexity index is 598. The molecule has 0 aliphatic heterocycles. The summed E-state index contributed by atoms with van der Waals surface area (Å²) in [5, 5.41) is 2.73. The molecule has 0 amide bonds. The molecule has 1 heterocycles. The number of halogens is 3. The van der Waals surface area contributed by atoms with Crippen molar-refractivity contribution in [1.29, 1.82) is 0 Å². The van der Waals surface area contributed by atoms with E-state index in [0.29, 0.717) is 0 Å². The standard InChI is InChI=1S/C15H16F3N3/c1-11(20-14(6-7-14)15(16,17)18)12-2-4-13(5-3-12)21-9-8-19-10-21/h2-5,8-11,20H,6-7H2,1H3. The van der Waals surface area contributed by atoms with Gasteiger partial charge in [-0.3, -0.25) is 5.32 Å². The van der Waals surface area contributed by atoms with Gasteiger partial charge in [-0.05, 0) is 37.5 Å². The van der Waals surface area contributed by atoms with E-state index in [9.17, 15) is 13.2 Å². The Labute approximate surface area is 120 Å².